The molecule has 0 bridgehead atoms. The molecule has 0 aliphatic carbocycles. The SMILES string of the molecule is CO[C@H](C)C(=O)O[C@H](C)C(=O)OC(C)C(=O)OC(C)C(C)=O. The van der Waals surface area contributed by atoms with Gasteiger partial charge in [-0.2, -0.15) is 0 Å². The molecule has 4 atom stereocenters. The van der Waals surface area contributed by atoms with Gasteiger partial charge in [-0.25, -0.2) is 14.4 Å². The lowest BCUT2D eigenvalue weighted by Gasteiger charge is -2.18. The molecule has 0 amide bonds. The zero-order valence-electron chi connectivity index (χ0n) is 13.6. The first kappa shape index (κ1) is 20.0. The van der Waals surface area contributed by atoms with Gasteiger partial charge in [0.05, 0.1) is 0 Å². The van der Waals surface area contributed by atoms with Crippen LogP contribution in [0.2, 0.25) is 0 Å². The van der Waals surface area contributed by atoms with E-state index in [1.54, 1.807) is 0 Å². The fourth-order valence-corrected chi connectivity index (χ4v) is 1.09. The fourth-order valence-electron chi connectivity index (χ4n) is 1.09. The molecule has 0 aliphatic heterocycles. The highest BCUT2D eigenvalue weighted by Gasteiger charge is 2.28. The molecule has 0 aliphatic rings. The van der Waals surface area contributed by atoms with Crippen LogP contribution in [-0.4, -0.2) is 55.2 Å². The van der Waals surface area contributed by atoms with E-state index in [0.29, 0.717) is 0 Å². The number of ketones is 1. The molecule has 0 saturated heterocycles. The summed E-state index contributed by atoms with van der Waals surface area (Å²) in [7, 11) is 1.32. The van der Waals surface area contributed by atoms with Crippen molar-refractivity contribution in [3.8, 4) is 0 Å². The van der Waals surface area contributed by atoms with Gasteiger partial charge in [-0.05, 0) is 34.6 Å². The van der Waals surface area contributed by atoms with Crippen LogP contribution < -0.4 is 0 Å². The van der Waals surface area contributed by atoms with Crippen LogP contribution in [0.4, 0.5) is 0 Å². The number of carbonyl (C=O) groups is 4. The van der Waals surface area contributed by atoms with Crippen molar-refractivity contribution in [1.29, 1.82) is 0 Å². The highest BCUT2D eigenvalue weighted by atomic mass is 16.6. The Morgan fingerprint density at radius 3 is 1.27 bits per heavy atom. The molecule has 0 radical (unpaired) electrons. The summed E-state index contributed by atoms with van der Waals surface area (Å²) < 4.78 is 19.2. The maximum absolute atomic E-state index is 11.7. The molecule has 0 spiro atoms. The summed E-state index contributed by atoms with van der Waals surface area (Å²) in [6.45, 7) is 6.74. The number of hydrogen-bond acceptors (Lipinski definition) is 8. The highest BCUT2D eigenvalue weighted by Crippen LogP contribution is 2.05. The van der Waals surface area contributed by atoms with Gasteiger partial charge < -0.3 is 18.9 Å². The topological polar surface area (TPSA) is 105 Å². The number of hydrogen-bond donors (Lipinski definition) is 0. The minimum Gasteiger partial charge on any atom is -0.452 e. The Kier molecular flexibility index (Phi) is 8.32. The zero-order valence-corrected chi connectivity index (χ0v) is 13.6. The summed E-state index contributed by atoms with van der Waals surface area (Å²) in [6, 6.07) is 0. The second-order valence-corrected chi connectivity index (χ2v) is 4.73. The molecule has 0 saturated carbocycles. The minimum atomic E-state index is -1.23. The van der Waals surface area contributed by atoms with E-state index in [1.165, 1.54) is 41.7 Å². The van der Waals surface area contributed by atoms with Crippen molar-refractivity contribution in [1.82, 2.24) is 0 Å². The molecule has 0 aromatic carbocycles. The van der Waals surface area contributed by atoms with Gasteiger partial charge in [0.2, 0.25) is 0 Å². The van der Waals surface area contributed by atoms with E-state index in [4.69, 9.17) is 18.9 Å². The molecular weight excluding hydrogens is 296 g/mol. The molecule has 0 fully saturated rings. The Hall–Kier alpha value is -1.96. The molecule has 22 heavy (non-hydrogen) atoms. The van der Waals surface area contributed by atoms with E-state index in [2.05, 4.69) is 0 Å². The van der Waals surface area contributed by atoms with Crippen molar-refractivity contribution in [3.05, 3.63) is 0 Å². The average molecular weight is 318 g/mol. The van der Waals surface area contributed by atoms with Crippen LogP contribution in [0.1, 0.15) is 34.6 Å². The van der Waals surface area contributed by atoms with Crippen LogP contribution in [0.25, 0.3) is 0 Å². The van der Waals surface area contributed by atoms with Crippen molar-refractivity contribution in [2.75, 3.05) is 7.11 Å². The summed E-state index contributed by atoms with van der Waals surface area (Å²) in [5.41, 5.74) is 0. The number of carbonyl (C=O) groups excluding carboxylic acids is 4. The molecule has 126 valence electrons. The Morgan fingerprint density at radius 2 is 0.955 bits per heavy atom. The van der Waals surface area contributed by atoms with Gasteiger partial charge in [0.1, 0.15) is 0 Å². The number of Topliss-reactive ketones (excluding diaryl/α,β-unsaturated/α-hetero) is 1. The van der Waals surface area contributed by atoms with Gasteiger partial charge in [0, 0.05) is 7.11 Å². The lowest BCUT2D eigenvalue weighted by atomic mass is 10.3. The number of rotatable bonds is 8. The summed E-state index contributed by atoms with van der Waals surface area (Å²) in [5.74, 6) is -2.83. The number of methoxy groups -OCH3 is 1. The van der Waals surface area contributed by atoms with Crippen molar-refractivity contribution in [2.45, 2.75) is 59.0 Å². The molecule has 0 rings (SSSR count). The third-order valence-electron chi connectivity index (χ3n) is 2.80. The highest BCUT2D eigenvalue weighted by molar-refractivity contribution is 5.86. The van der Waals surface area contributed by atoms with Gasteiger partial charge in [0.15, 0.2) is 30.2 Å². The van der Waals surface area contributed by atoms with Crippen LogP contribution in [0, 0.1) is 0 Å². The largest absolute Gasteiger partial charge is 0.452 e. The predicted octanol–water partition coefficient (Wildman–Crippen LogP) is 0.405. The smallest absolute Gasteiger partial charge is 0.347 e. The summed E-state index contributed by atoms with van der Waals surface area (Å²) in [5, 5.41) is 0. The van der Waals surface area contributed by atoms with Crippen LogP contribution in [-0.2, 0) is 38.1 Å². The molecular formula is C14H22O8. The Morgan fingerprint density at radius 1 is 0.636 bits per heavy atom. The third-order valence-corrected chi connectivity index (χ3v) is 2.80. The van der Waals surface area contributed by atoms with Crippen LogP contribution in [0.3, 0.4) is 0 Å². The monoisotopic (exact) mass is 318 g/mol. The fraction of sp³-hybridized carbons (Fsp3) is 0.714. The van der Waals surface area contributed by atoms with E-state index in [9.17, 15) is 19.2 Å². The normalized spacial score (nSPS) is 15.9. The first-order chi connectivity index (χ1) is 10.1. The van der Waals surface area contributed by atoms with E-state index in [-0.39, 0.29) is 5.78 Å². The lowest BCUT2D eigenvalue weighted by molar-refractivity contribution is -0.181. The molecule has 0 N–H and O–H groups in total. The molecule has 2 unspecified atom stereocenters. The number of ether oxygens (including phenoxy) is 4. The maximum Gasteiger partial charge on any atom is 0.347 e. The maximum atomic E-state index is 11.7. The van der Waals surface area contributed by atoms with Gasteiger partial charge in [-0.15, -0.1) is 0 Å². The quantitative estimate of drug-likeness (QED) is 0.468. The lowest BCUT2D eigenvalue weighted by Crippen LogP contribution is -2.36. The van der Waals surface area contributed by atoms with Gasteiger partial charge >= 0.3 is 17.9 Å². The van der Waals surface area contributed by atoms with Gasteiger partial charge in [0.25, 0.3) is 0 Å². The summed E-state index contributed by atoms with van der Waals surface area (Å²) in [4.78, 5) is 45.8. The molecule has 8 heteroatoms. The van der Waals surface area contributed by atoms with Gasteiger partial charge in [-0.1, -0.05) is 0 Å². The van der Waals surface area contributed by atoms with Crippen LogP contribution in [0.15, 0.2) is 0 Å². The second kappa shape index (κ2) is 9.14. The van der Waals surface area contributed by atoms with Gasteiger partial charge in [-0.3, -0.25) is 4.79 Å². The Labute approximate surface area is 129 Å². The first-order valence-electron chi connectivity index (χ1n) is 6.74. The standard InChI is InChI=1S/C14H22O8/c1-7(15)8(2)20-13(17)10(4)22-14(18)11(5)21-12(16)9(3)19-6/h8-11H,1-6H3/t8?,9-,10?,11-/m1/s1. The van der Waals surface area contributed by atoms with Crippen LogP contribution >= 0.6 is 0 Å². The van der Waals surface area contributed by atoms with E-state index in [1.807, 2.05) is 0 Å². The molecule has 0 aromatic rings. The van der Waals surface area contributed by atoms with E-state index >= 15 is 0 Å². The molecule has 8 nitrogen and oxygen atoms in total. The predicted molar refractivity (Wildman–Crippen MR) is 73.8 cm³/mol. The number of esters is 3. The van der Waals surface area contributed by atoms with Crippen molar-refractivity contribution >= 4 is 23.7 Å². The summed E-state index contributed by atoms with van der Waals surface area (Å²) in [6.07, 6.45) is -4.18. The zero-order chi connectivity index (χ0) is 17.4. The molecule has 0 aromatic heterocycles. The van der Waals surface area contributed by atoms with Crippen LogP contribution in [0.5, 0.6) is 0 Å². The van der Waals surface area contributed by atoms with Crippen molar-refractivity contribution in [2.24, 2.45) is 0 Å². The van der Waals surface area contributed by atoms with Crippen molar-refractivity contribution < 1.29 is 38.1 Å². The summed E-state index contributed by atoms with van der Waals surface area (Å²) >= 11 is 0. The van der Waals surface area contributed by atoms with E-state index < -0.39 is 42.3 Å². The van der Waals surface area contributed by atoms with E-state index in [0.717, 1.165) is 0 Å². The Bertz CT molecular complexity index is 431. The second-order valence-electron chi connectivity index (χ2n) is 4.73. The van der Waals surface area contributed by atoms with Crippen molar-refractivity contribution in [3.63, 3.8) is 0 Å². The Balaban J connectivity index is 4.42. The third kappa shape index (κ3) is 6.66. The average Bonchev–Trinajstić information content (AvgIpc) is 2.45. The minimum absolute atomic E-state index is 0.331. The first-order valence-corrected chi connectivity index (χ1v) is 6.74. The molecule has 0 heterocycles.